The molecule has 0 fully saturated rings. The van der Waals surface area contributed by atoms with Crippen molar-refractivity contribution in [3.8, 4) is 0 Å². The molecule has 2 nitrogen and oxygen atoms in total. The monoisotopic (exact) mass is 306 g/mol. The SMILES string of the molecule is CC[C@@H](NC(=S)Nc1ccc(F)cc1F)c1ccccc1. The van der Waals surface area contributed by atoms with Crippen molar-refractivity contribution < 1.29 is 8.78 Å². The molecule has 0 spiro atoms. The number of halogens is 2. The van der Waals surface area contributed by atoms with Gasteiger partial charge in [0, 0.05) is 6.07 Å². The highest BCUT2D eigenvalue weighted by molar-refractivity contribution is 7.80. The highest BCUT2D eigenvalue weighted by Crippen LogP contribution is 2.18. The first-order chi connectivity index (χ1) is 10.1. The molecule has 2 aromatic carbocycles. The minimum Gasteiger partial charge on any atom is -0.356 e. The molecule has 0 radical (unpaired) electrons. The molecule has 1 atom stereocenters. The fraction of sp³-hybridized carbons (Fsp3) is 0.188. The quantitative estimate of drug-likeness (QED) is 0.819. The van der Waals surface area contributed by atoms with E-state index in [1.54, 1.807) is 0 Å². The topological polar surface area (TPSA) is 24.1 Å². The van der Waals surface area contributed by atoms with E-state index in [0.717, 1.165) is 18.1 Å². The molecule has 0 unspecified atom stereocenters. The molecule has 0 saturated carbocycles. The van der Waals surface area contributed by atoms with Crippen LogP contribution in [0.2, 0.25) is 0 Å². The Balaban J connectivity index is 2.03. The number of rotatable bonds is 4. The van der Waals surface area contributed by atoms with Crippen LogP contribution in [-0.2, 0) is 0 Å². The van der Waals surface area contributed by atoms with E-state index in [0.29, 0.717) is 5.11 Å². The Labute approximate surface area is 128 Å². The number of benzene rings is 2. The first kappa shape index (κ1) is 15.4. The van der Waals surface area contributed by atoms with Crippen molar-refractivity contribution in [3.05, 3.63) is 65.7 Å². The van der Waals surface area contributed by atoms with Gasteiger partial charge in [0.15, 0.2) is 5.11 Å². The highest BCUT2D eigenvalue weighted by Gasteiger charge is 2.11. The van der Waals surface area contributed by atoms with E-state index in [9.17, 15) is 8.78 Å². The first-order valence-corrected chi connectivity index (χ1v) is 7.08. The normalized spacial score (nSPS) is 11.8. The van der Waals surface area contributed by atoms with Crippen LogP contribution in [0.5, 0.6) is 0 Å². The lowest BCUT2D eigenvalue weighted by atomic mass is 10.1. The van der Waals surface area contributed by atoms with E-state index < -0.39 is 11.6 Å². The minimum atomic E-state index is -0.674. The Kier molecular flexibility index (Phi) is 5.22. The molecule has 110 valence electrons. The highest BCUT2D eigenvalue weighted by atomic mass is 32.1. The molecule has 0 aliphatic carbocycles. The molecule has 0 aliphatic heterocycles. The van der Waals surface area contributed by atoms with Crippen LogP contribution >= 0.6 is 12.2 Å². The summed E-state index contributed by atoms with van der Waals surface area (Å²) in [5.74, 6) is -1.29. The molecule has 0 amide bonds. The molecule has 2 aromatic rings. The van der Waals surface area contributed by atoms with Gasteiger partial charge in [0.1, 0.15) is 11.6 Å². The molecule has 21 heavy (non-hydrogen) atoms. The van der Waals surface area contributed by atoms with E-state index in [-0.39, 0.29) is 11.7 Å². The van der Waals surface area contributed by atoms with Gasteiger partial charge >= 0.3 is 0 Å². The number of hydrogen-bond acceptors (Lipinski definition) is 1. The van der Waals surface area contributed by atoms with Crippen molar-refractivity contribution >= 4 is 23.0 Å². The maximum atomic E-state index is 13.6. The van der Waals surface area contributed by atoms with Gasteiger partial charge < -0.3 is 10.6 Å². The average Bonchev–Trinajstić information content (AvgIpc) is 2.48. The Morgan fingerprint density at radius 1 is 1.14 bits per heavy atom. The van der Waals surface area contributed by atoms with Crippen LogP contribution in [0.3, 0.4) is 0 Å². The lowest BCUT2D eigenvalue weighted by Gasteiger charge is -2.20. The summed E-state index contributed by atoms with van der Waals surface area (Å²) < 4.78 is 26.4. The number of hydrogen-bond donors (Lipinski definition) is 2. The predicted molar refractivity (Wildman–Crippen MR) is 85.2 cm³/mol. The molecule has 0 bridgehead atoms. The summed E-state index contributed by atoms with van der Waals surface area (Å²) >= 11 is 5.19. The van der Waals surface area contributed by atoms with Gasteiger partial charge in [0.2, 0.25) is 0 Å². The van der Waals surface area contributed by atoms with Gasteiger partial charge in [-0.1, -0.05) is 37.3 Å². The summed E-state index contributed by atoms with van der Waals surface area (Å²) in [5.41, 5.74) is 1.25. The van der Waals surface area contributed by atoms with Gasteiger partial charge in [-0.15, -0.1) is 0 Å². The first-order valence-electron chi connectivity index (χ1n) is 6.67. The van der Waals surface area contributed by atoms with Crippen LogP contribution in [0, 0.1) is 11.6 Å². The van der Waals surface area contributed by atoms with Gasteiger partial charge in [0.05, 0.1) is 11.7 Å². The second-order valence-electron chi connectivity index (χ2n) is 4.59. The molecule has 0 heterocycles. The van der Waals surface area contributed by atoms with E-state index in [1.165, 1.54) is 12.1 Å². The standard InChI is InChI=1S/C16H16F2N2S/c1-2-14(11-6-4-3-5-7-11)19-16(21)20-15-9-8-12(17)10-13(15)18/h3-10,14H,2H2,1H3,(H2,19,20,21)/t14-/m1/s1. The third kappa shape index (κ3) is 4.23. The number of thiocarbonyl (C=S) groups is 1. The fourth-order valence-electron chi connectivity index (χ4n) is 2.01. The summed E-state index contributed by atoms with van der Waals surface area (Å²) in [4.78, 5) is 0. The van der Waals surface area contributed by atoms with Crippen LogP contribution < -0.4 is 10.6 Å². The van der Waals surface area contributed by atoms with Crippen molar-refractivity contribution in [2.45, 2.75) is 19.4 Å². The van der Waals surface area contributed by atoms with Crippen LogP contribution in [-0.4, -0.2) is 5.11 Å². The summed E-state index contributed by atoms with van der Waals surface area (Å²) in [6.45, 7) is 2.03. The second-order valence-corrected chi connectivity index (χ2v) is 5.00. The van der Waals surface area contributed by atoms with Crippen LogP contribution in [0.4, 0.5) is 14.5 Å². The molecule has 0 aliphatic rings. The third-order valence-corrected chi connectivity index (χ3v) is 3.31. The second kappa shape index (κ2) is 7.13. The van der Waals surface area contributed by atoms with Crippen LogP contribution in [0.15, 0.2) is 48.5 Å². The van der Waals surface area contributed by atoms with Crippen molar-refractivity contribution in [2.75, 3.05) is 5.32 Å². The van der Waals surface area contributed by atoms with E-state index >= 15 is 0 Å². The van der Waals surface area contributed by atoms with Gasteiger partial charge in [-0.2, -0.15) is 0 Å². The zero-order valence-corrected chi connectivity index (χ0v) is 12.4. The Morgan fingerprint density at radius 2 is 1.86 bits per heavy atom. The zero-order valence-electron chi connectivity index (χ0n) is 11.6. The minimum absolute atomic E-state index is 0.0368. The van der Waals surface area contributed by atoms with Gasteiger partial charge in [-0.3, -0.25) is 0 Å². The molecule has 2 rings (SSSR count). The zero-order chi connectivity index (χ0) is 15.2. The molecule has 0 aromatic heterocycles. The Morgan fingerprint density at radius 3 is 2.48 bits per heavy atom. The lowest BCUT2D eigenvalue weighted by molar-refractivity contribution is 0.585. The average molecular weight is 306 g/mol. The summed E-state index contributed by atoms with van der Waals surface area (Å²) in [6, 6.07) is 13.2. The molecule has 2 N–H and O–H groups in total. The maximum absolute atomic E-state index is 13.6. The molecular formula is C16H16F2N2S. The summed E-state index contributed by atoms with van der Waals surface area (Å²) in [6.07, 6.45) is 0.831. The number of nitrogens with one attached hydrogen (secondary N) is 2. The molecule has 0 saturated heterocycles. The molecule has 5 heteroatoms. The fourth-order valence-corrected chi connectivity index (χ4v) is 2.27. The largest absolute Gasteiger partial charge is 0.356 e. The van der Waals surface area contributed by atoms with Crippen LogP contribution in [0.1, 0.15) is 24.9 Å². The summed E-state index contributed by atoms with van der Waals surface area (Å²) in [7, 11) is 0. The Bertz CT molecular complexity index is 617. The third-order valence-electron chi connectivity index (χ3n) is 3.09. The van der Waals surface area contributed by atoms with E-state index in [1.807, 2.05) is 37.3 Å². The Hall–Kier alpha value is -2.01. The maximum Gasteiger partial charge on any atom is 0.171 e. The summed E-state index contributed by atoms with van der Waals surface area (Å²) in [5, 5.41) is 6.19. The van der Waals surface area contributed by atoms with Crippen molar-refractivity contribution in [2.24, 2.45) is 0 Å². The number of anilines is 1. The van der Waals surface area contributed by atoms with Gasteiger partial charge in [0.25, 0.3) is 0 Å². The van der Waals surface area contributed by atoms with Gasteiger partial charge in [-0.05, 0) is 36.3 Å². The predicted octanol–water partition coefficient (Wildman–Crippen LogP) is 4.40. The van der Waals surface area contributed by atoms with Crippen molar-refractivity contribution in [3.63, 3.8) is 0 Å². The van der Waals surface area contributed by atoms with Crippen molar-refractivity contribution in [1.82, 2.24) is 5.32 Å². The smallest absolute Gasteiger partial charge is 0.171 e. The lowest BCUT2D eigenvalue weighted by Crippen LogP contribution is -2.32. The molecular weight excluding hydrogens is 290 g/mol. The van der Waals surface area contributed by atoms with Crippen molar-refractivity contribution in [1.29, 1.82) is 0 Å². The van der Waals surface area contributed by atoms with E-state index in [4.69, 9.17) is 12.2 Å². The van der Waals surface area contributed by atoms with Gasteiger partial charge in [-0.25, -0.2) is 8.78 Å². The van der Waals surface area contributed by atoms with Crippen LogP contribution in [0.25, 0.3) is 0 Å². The van der Waals surface area contributed by atoms with E-state index in [2.05, 4.69) is 10.6 Å².